The molecule has 0 spiro atoms. The summed E-state index contributed by atoms with van der Waals surface area (Å²) in [6.07, 6.45) is 2.81. The third kappa shape index (κ3) is 2.98. The van der Waals surface area contributed by atoms with Gasteiger partial charge in [-0.25, -0.2) is 4.79 Å². The number of hydrogen-bond acceptors (Lipinski definition) is 6. The summed E-state index contributed by atoms with van der Waals surface area (Å²) in [5.41, 5.74) is 1.51. The number of anilines is 2. The van der Waals surface area contributed by atoms with Crippen LogP contribution in [0.4, 0.5) is 11.4 Å². The maximum absolute atomic E-state index is 11.6. The lowest BCUT2D eigenvalue weighted by atomic mass is 9.92. The van der Waals surface area contributed by atoms with Crippen molar-refractivity contribution in [2.24, 2.45) is 0 Å². The Hall–Kier alpha value is -2.61. The Labute approximate surface area is 131 Å². The van der Waals surface area contributed by atoms with E-state index in [0.717, 1.165) is 23.9 Å². The van der Waals surface area contributed by atoms with Crippen LogP contribution in [-0.2, 0) is 0 Å². The molecule has 3 rings (SSSR count). The largest absolute Gasteiger partial charge is 0.478 e. The van der Waals surface area contributed by atoms with Crippen molar-refractivity contribution < 1.29 is 15.0 Å². The van der Waals surface area contributed by atoms with E-state index in [-0.39, 0.29) is 17.3 Å². The van der Waals surface area contributed by atoms with Gasteiger partial charge in [0.15, 0.2) is 0 Å². The van der Waals surface area contributed by atoms with E-state index in [4.69, 9.17) is 0 Å². The molecule has 2 unspecified atom stereocenters. The lowest BCUT2D eigenvalue weighted by Gasteiger charge is -2.30. The van der Waals surface area contributed by atoms with Crippen LogP contribution in [0.1, 0.15) is 36.0 Å². The van der Waals surface area contributed by atoms with Gasteiger partial charge in [0.05, 0.1) is 23.5 Å². The second-order valence-electron chi connectivity index (χ2n) is 5.69. The number of carboxylic acid groups (broad SMARTS) is 1. The van der Waals surface area contributed by atoms with Gasteiger partial charge in [-0.3, -0.25) is 15.0 Å². The van der Waals surface area contributed by atoms with E-state index in [0.29, 0.717) is 12.1 Å². The minimum atomic E-state index is -1.19. The van der Waals surface area contributed by atoms with E-state index < -0.39 is 23.2 Å². The smallest absolute Gasteiger partial charge is 0.340 e. The molecule has 1 aromatic heterocycles. The number of aliphatic hydroxyl groups excluding tert-OH is 1. The number of hydrogen-bond donors (Lipinski definition) is 4. The van der Waals surface area contributed by atoms with Gasteiger partial charge in [0.2, 0.25) is 0 Å². The van der Waals surface area contributed by atoms with Gasteiger partial charge in [-0.05, 0) is 25.0 Å². The molecule has 23 heavy (non-hydrogen) atoms. The molecule has 1 aromatic carbocycles. The molecule has 1 fully saturated rings. The lowest BCUT2D eigenvalue weighted by Crippen LogP contribution is -2.36. The Kier molecular flexibility index (Phi) is 3.91. The third-order valence-electron chi connectivity index (χ3n) is 4.12. The predicted octanol–water partition coefficient (Wildman–Crippen LogP) is 0.373. The molecule has 0 saturated heterocycles. The van der Waals surface area contributed by atoms with Gasteiger partial charge in [-0.15, -0.1) is 0 Å². The highest BCUT2D eigenvalue weighted by Crippen LogP contribution is 2.28. The number of aliphatic hydroxyl groups is 1. The highest BCUT2D eigenvalue weighted by Gasteiger charge is 2.26. The average molecular weight is 319 g/mol. The van der Waals surface area contributed by atoms with Crippen LogP contribution in [0.2, 0.25) is 0 Å². The number of nitrogens with zero attached hydrogens (tertiary/aromatic N) is 1. The highest BCUT2D eigenvalue weighted by molar-refractivity contribution is 6.00. The molecule has 1 aliphatic carbocycles. The first-order chi connectivity index (χ1) is 11.0. The Morgan fingerprint density at radius 2 is 1.78 bits per heavy atom. The molecule has 0 amide bonds. The quantitative estimate of drug-likeness (QED) is 0.588. The van der Waals surface area contributed by atoms with Crippen LogP contribution in [0, 0.1) is 0 Å². The Bertz CT molecular complexity index is 780. The normalized spacial score (nSPS) is 21.3. The zero-order valence-corrected chi connectivity index (χ0v) is 12.3. The minimum Gasteiger partial charge on any atom is -0.478 e. The summed E-state index contributed by atoms with van der Waals surface area (Å²) in [5, 5.41) is 22.6. The van der Waals surface area contributed by atoms with Crippen molar-refractivity contribution in [3.05, 3.63) is 44.5 Å². The SMILES string of the molecule is O=C(O)c1c(NC2CCCCC2O)cccc1Nn1c(=O)c1=O. The van der Waals surface area contributed by atoms with Crippen LogP contribution < -0.4 is 21.9 Å². The third-order valence-corrected chi connectivity index (χ3v) is 4.12. The topological polar surface area (TPSA) is 121 Å². The van der Waals surface area contributed by atoms with Gasteiger partial charge in [-0.2, -0.15) is 4.68 Å². The molecule has 8 nitrogen and oxygen atoms in total. The van der Waals surface area contributed by atoms with E-state index in [1.54, 1.807) is 12.1 Å². The molecular formula is C15H17N3O5. The molecule has 2 atom stereocenters. The van der Waals surface area contributed by atoms with E-state index in [1.807, 2.05) is 0 Å². The average Bonchev–Trinajstić information content (AvgIpc) is 3.07. The van der Waals surface area contributed by atoms with Gasteiger partial charge >= 0.3 is 17.1 Å². The molecule has 0 aliphatic heterocycles. The van der Waals surface area contributed by atoms with E-state index in [1.165, 1.54) is 6.07 Å². The number of aromatic nitrogens is 1. The van der Waals surface area contributed by atoms with Crippen molar-refractivity contribution >= 4 is 17.3 Å². The first kappa shape index (κ1) is 15.3. The number of rotatable bonds is 5. The first-order valence-electron chi connectivity index (χ1n) is 7.45. The van der Waals surface area contributed by atoms with Gasteiger partial charge < -0.3 is 15.5 Å². The molecule has 4 N–H and O–H groups in total. The summed E-state index contributed by atoms with van der Waals surface area (Å²) in [6, 6.07) is 4.47. The second-order valence-corrected chi connectivity index (χ2v) is 5.69. The molecule has 0 bridgehead atoms. The lowest BCUT2D eigenvalue weighted by molar-refractivity contribution is 0.0698. The molecular weight excluding hydrogens is 302 g/mol. The number of benzene rings is 1. The fourth-order valence-corrected chi connectivity index (χ4v) is 2.83. The summed E-state index contributed by atoms with van der Waals surface area (Å²) in [5.74, 6) is -1.19. The van der Waals surface area contributed by atoms with Crippen molar-refractivity contribution in [2.45, 2.75) is 37.8 Å². The molecule has 2 aromatic rings. The number of carboxylic acids is 1. The van der Waals surface area contributed by atoms with Gasteiger partial charge in [-0.1, -0.05) is 18.9 Å². The second kappa shape index (κ2) is 5.88. The van der Waals surface area contributed by atoms with E-state index in [9.17, 15) is 24.6 Å². The maximum atomic E-state index is 11.6. The van der Waals surface area contributed by atoms with Crippen molar-refractivity contribution in [3.63, 3.8) is 0 Å². The van der Waals surface area contributed by atoms with Crippen molar-refractivity contribution in [1.29, 1.82) is 0 Å². The summed E-state index contributed by atoms with van der Waals surface area (Å²) in [4.78, 5) is 33.7. The Morgan fingerprint density at radius 1 is 1.13 bits per heavy atom. The summed E-state index contributed by atoms with van der Waals surface area (Å²) < 4.78 is 0.751. The van der Waals surface area contributed by atoms with Crippen LogP contribution in [0.5, 0.6) is 0 Å². The van der Waals surface area contributed by atoms with Crippen molar-refractivity contribution in [2.75, 3.05) is 10.7 Å². The standard InChI is InChI=1S/C15H17N3O5/c19-11-7-2-1-4-8(11)16-9-5-3-6-10(12(9)15(22)23)17-18-13(20)14(18)21/h3,5-6,8,11,16-17,19H,1-2,4,7H2,(H,22,23). The minimum absolute atomic E-state index is 0.0715. The zero-order chi connectivity index (χ0) is 16.6. The number of aromatic carboxylic acids is 1. The molecule has 122 valence electrons. The zero-order valence-electron chi connectivity index (χ0n) is 12.3. The van der Waals surface area contributed by atoms with Gasteiger partial charge in [0.1, 0.15) is 5.56 Å². The predicted molar refractivity (Wildman–Crippen MR) is 83.7 cm³/mol. The van der Waals surface area contributed by atoms with E-state index >= 15 is 0 Å². The van der Waals surface area contributed by atoms with Crippen molar-refractivity contribution in [3.8, 4) is 0 Å². The molecule has 1 heterocycles. The van der Waals surface area contributed by atoms with Crippen LogP contribution in [0.3, 0.4) is 0 Å². The number of carbonyl (C=O) groups is 1. The summed E-state index contributed by atoms with van der Waals surface area (Å²) >= 11 is 0. The fraction of sp³-hybridized carbons (Fsp3) is 0.400. The van der Waals surface area contributed by atoms with Gasteiger partial charge in [0, 0.05) is 0 Å². The van der Waals surface area contributed by atoms with Crippen LogP contribution >= 0.6 is 0 Å². The molecule has 1 aliphatic rings. The summed E-state index contributed by atoms with van der Waals surface area (Å²) in [7, 11) is 0. The van der Waals surface area contributed by atoms with Gasteiger partial charge in [0.25, 0.3) is 0 Å². The van der Waals surface area contributed by atoms with Crippen LogP contribution in [0.25, 0.3) is 0 Å². The fourth-order valence-electron chi connectivity index (χ4n) is 2.83. The van der Waals surface area contributed by atoms with E-state index in [2.05, 4.69) is 10.7 Å². The first-order valence-corrected chi connectivity index (χ1v) is 7.45. The summed E-state index contributed by atoms with van der Waals surface area (Å²) in [6.45, 7) is 0. The maximum Gasteiger partial charge on any atom is 0.340 e. The monoisotopic (exact) mass is 319 g/mol. The van der Waals surface area contributed by atoms with Crippen LogP contribution in [-0.4, -0.2) is 33.0 Å². The van der Waals surface area contributed by atoms with Crippen molar-refractivity contribution in [1.82, 2.24) is 4.68 Å². The molecule has 1 saturated carbocycles. The molecule has 8 heteroatoms. The highest BCUT2D eigenvalue weighted by atomic mass is 16.4. The Morgan fingerprint density at radius 3 is 2.39 bits per heavy atom. The number of nitrogens with one attached hydrogen (secondary N) is 2. The Balaban J connectivity index is 1.90. The van der Waals surface area contributed by atoms with Crippen LogP contribution in [0.15, 0.2) is 27.8 Å². The molecule has 0 radical (unpaired) electrons.